The molecule has 2 aromatic rings. The fraction of sp³-hybridized carbons (Fsp3) is 0.500. The normalized spacial score (nSPS) is 22.6. The van der Waals surface area contributed by atoms with Crippen molar-refractivity contribution in [1.29, 1.82) is 0 Å². The molecule has 1 N–H and O–H groups in total. The summed E-state index contributed by atoms with van der Waals surface area (Å²) in [7, 11) is 0. The second-order valence-electron chi connectivity index (χ2n) is 5.94. The lowest BCUT2D eigenvalue weighted by Crippen LogP contribution is -2.36. The Morgan fingerprint density at radius 2 is 2.19 bits per heavy atom. The number of ether oxygens (including phenoxy) is 1. The number of rotatable bonds is 4. The van der Waals surface area contributed by atoms with Gasteiger partial charge in [-0.05, 0) is 56.5 Å². The minimum absolute atomic E-state index is 0.207. The Kier molecular flexibility index (Phi) is 4.51. The number of nitrogens with one attached hydrogen (secondary N) is 1. The SMILES string of the molecule is CCCNC1CCOC(c2ccc3nc(C)ccc3c2)C1. The van der Waals surface area contributed by atoms with Crippen molar-refractivity contribution in [2.75, 3.05) is 13.2 Å². The monoisotopic (exact) mass is 284 g/mol. The zero-order chi connectivity index (χ0) is 14.7. The van der Waals surface area contributed by atoms with Gasteiger partial charge in [0.2, 0.25) is 0 Å². The van der Waals surface area contributed by atoms with Crippen LogP contribution in [0.25, 0.3) is 10.9 Å². The molecular weight excluding hydrogens is 260 g/mol. The minimum Gasteiger partial charge on any atom is -0.373 e. The molecule has 21 heavy (non-hydrogen) atoms. The van der Waals surface area contributed by atoms with Crippen LogP contribution >= 0.6 is 0 Å². The summed E-state index contributed by atoms with van der Waals surface area (Å²) in [6.07, 6.45) is 3.57. The molecule has 1 aliphatic rings. The highest BCUT2D eigenvalue weighted by Gasteiger charge is 2.23. The molecule has 0 radical (unpaired) electrons. The summed E-state index contributed by atoms with van der Waals surface area (Å²) in [5.74, 6) is 0. The summed E-state index contributed by atoms with van der Waals surface area (Å²) in [5.41, 5.74) is 3.40. The van der Waals surface area contributed by atoms with E-state index in [2.05, 4.69) is 47.6 Å². The Morgan fingerprint density at radius 1 is 1.29 bits per heavy atom. The predicted molar refractivity (Wildman–Crippen MR) is 86.5 cm³/mol. The third-order valence-corrected chi connectivity index (χ3v) is 4.19. The molecule has 0 aliphatic carbocycles. The van der Waals surface area contributed by atoms with Crippen molar-refractivity contribution in [3.63, 3.8) is 0 Å². The van der Waals surface area contributed by atoms with Gasteiger partial charge in [-0.15, -0.1) is 0 Å². The Balaban J connectivity index is 1.77. The first-order valence-corrected chi connectivity index (χ1v) is 7.98. The van der Waals surface area contributed by atoms with Gasteiger partial charge in [-0.2, -0.15) is 0 Å². The quantitative estimate of drug-likeness (QED) is 0.928. The average molecular weight is 284 g/mol. The molecule has 1 fully saturated rings. The molecule has 0 saturated carbocycles. The van der Waals surface area contributed by atoms with Crippen LogP contribution in [0, 0.1) is 6.92 Å². The van der Waals surface area contributed by atoms with E-state index in [4.69, 9.17) is 4.74 Å². The van der Waals surface area contributed by atoms with Crippen LogP contribution in [0.3, 0.4) is 0 Å². The predicted octanol–water partition coefficient (Wildman–Crippen LogP) is 3.76. The van der Waals surface area contributed by atoms with E-state index in [1.807, 2.05) is 6.92 Å². The number of nitrogens with zero attached hydrogens (tertiary/aromatic N) is 1. The Morgan fingerprint density at radius 3 is 3.05 bits per heavy atom. The third-order valence-electron chi connectivity index (χ3n) is 4.19. The van der Waals surface area contributed by atoms with Gasteiger partial charge in [0.25, 0.3) is 0 Å². The number of hydrogen-bond acceptors (Lipinski definition) is 3. The summed E-state index contributed by atoms with van der Waals surface area (Å²) in [4.78, 5) is 4.56. The van der Waals surface area contributed by atoms with Crippen molar-refractivity contribution in [2.24, 2.45) is 0 Å². The molecule has 2 heterocycles. The standard InChI is InChI=1S/C18H24N2O/c1-3-9-19-16-8-10-21-18(12-16)15-6-7-17-14(11-15)5-4-13(2)20-17/h4-7,11,16,18-19H,3,8-10,12H2,1-2H3. The number of aromatic nitrogens is 1. The van der Waals surface area contributed by atoms with Crippen LogP contribution in [0.15, 0.2) is 30.3 Å². The first-order chi connectivity index (χ1) is 10.3. The maximum Gasteiger partial charge on any atom is 0.0840 e. The van der Waals surface area contributed by atoms with Crippen molar-refractivity contribution in [3.8, 4) is 0 Å². The molecule has 3 rings (SSSR count). The second kappa shape index (κ2) is 6.54. The summed E-state index contributed by atoms with van der Waals surface area (Å²) >= 11 is 0. The van der Waals surface area contributed by atoms with Crippen LogP contribution in [-0.2, 0) is 4.74 Å². The molecule has 112 valence electrons. The molecule has 0 bridgehead atoms. The van der Waals surface area contributed by atoms with Gasteiger partial charge >= 0.3 is 0 Å². The van der Waals surface area contributed by atoms with Gasteiger partial charge < -0.3 is 10.1 Å². The van der Waals surface area contributed by atoms with Gasteiger partial charge in [-0.3, -0.25) is 4.98 Å². The molecule has 3 heteroatoms. The summed E-state index contributed by atoms with van der Waals surface area (Å²) < 4.78 is 5.99. The van der Waals surface area contributed by atoms with E-state index in [0.717, 1.165) is 37.2 Å². The van der Waals surface area contributed by atoms with Crippen LogP contribution in [0.4, 0.5) is 0 Å². The highest BCUT2D eigenvalue weighted by atomic mass is 16.5. The van der Waals surface area contributed by atoms with E-state index in [1.54, 1.807) is 0 Å². The van der Waals surface area contributed by atoms with Crippen LogP contribution < -0.4 is 5.32 Å². The van der Waals surface area contributed by atoms with Gasteiger partial charge in [0.15, 0.2) is 0 Å². The van der Waals surface area contributed by atoms with Gasteiger partial charge in [0.05, 0.1) is 11.6 Å². The number of pyridine rings is 1. The number of hydrogen-bond donors (Lipinski definition) is 1. The Hall–Kier alpha value is -1.45. The van der Waals surface area contributed by atoms with Crippen LogP contribution in [0.5, 0.6) is 0 Å². The Labute approximate surface area is 126 Å². The van der Waals surface area contributed by atoms with Crippen molar-refractivity contribution in [2.45, 2.75) is 45.3 Å². The maximum atomic E-state index is 5.99. The van der Waals surface area contributed by atoms with Crippen molar-refractivity contribution < 1.29 is 4.74 Å². The topological polar surface area (TPSA) is 34.1 Å². The lowest BCUT2D eigenvalue weighted by molar-refractivity contribution is 0.000428. The van der Waals surface area contributed by atoms with E-state index < -0.39 is 0 Å². The Bertz CT molecular complexity index is 611. The maximum absolute atomic E-state index is 5.99. The van der Waals surface area contributed by atoms with E-state index in [9.17, 15) is 0 Å². The lowest BCUT2D eigenvalue weighted by atomic mass is 9.96. The van der Waals surface area contributed by atoms with Crippen LogP contribution in [0.2, 0.25) is 0 Å². The molecule has 0 spiro atoms. The van der Waals surface area contributed by atoms with Crippen molar-refractivity contribution in [1.82, 2.24) is 10.3 Å². The lowest BCUT2D eigenvalue weighted by Gasteiger charge is -2.30. The van der Waals surface area contributed by atoms with Crippen molar-refractivity contribution >= 4 is 10.9 Å². The third kappa shape index (κ3) is 3.42. The largest absolute Gasteiger partial charge is 0.373 e. The van der Waals surface area contributed by atoms with Gasteiger partial charge in [0.1, 0.15) is 0 Å². The molecule has 3 nitrogen and oxygen atoms in total. The molecule has 2 unspecified atom stereocenters. The highest BCUT2D eigenvalue weighted by molar-refractivity contribution is 5.79. The fourth-order valence-corrected chi connectivity index (χ4v) is 3.01. The second-order valence-corrected chi connectivity index (χ2v) is 5.94. The average Bonchev–Trinajstić information content (AvgIpc) is 2.52. The van der Waals surface area contributed by atoms with Crippen LogP contribution in [-0.4, -0.2) is 24.2 Å². The summed E-state index contributed by atoms with van der Waals surface area (Å²) in [5, 5.41) is 4.82. The van der Waals surface area contributed by atoms with Gasteiger partial charge in [-0.1, -0.05) is 19.1 Å². The molecule has 2 atom stereocenters. The smallest absolute Gasteiger partial charge is 0.0840 e. The number of fused-ring (bicyclic) bond motifs is 1. The first kappa shape index (κ1) is 14.5. The highest BCUT2D eigenvalue weighted by Crippen LogP contribution is 2.30. The van der Waals surface area contributed by atoms with E-state index in [0.29, 0.717) is 6.04 Å². The van der Waals surface area contributed by atoms with E-state index in [1.165, 1.54) is 17.4 Å². The molecule has 1 aromatic heterocycles. The molecule has 1 aliphatic heterocycles. The fourth-order valence-electron chi connectivity index (χ4n) is 3.01. The van der Waals surface area contributed by atoms with Gasteiger partial charge in [0, 0.05) is 23.7 Å². The van der Waals surface area contributed by atoms with E-state index >= 15 is 0 Å². The summed E-state index contributed by atoms with van der Waals surface area (Å²) in [6, 6.07) is 11.3. The molecular formula is C18H24N2O. The minimum atomic E-state index is 0.207. The van der Waals surface area contributed by atoms with Crippen molar-refractivity contribution in [3.05, 3.63) is 41.6 Å². The van der Waals surface area contributed by atoms with E-state index in [-0.39, 0.29) is 6.10 Å². The zero-order valence-electron chi connectivity index (χ0n) is 12.9. The molecule has 1 aromatic carbocycles. The first-order valence-electron chi connectivity index (χ1n) is 7.98. The number of benzene rings is 1. The zero-order valence-corrected chi connectivity index (χ0v) is 12.9. The molecule has 0 amide bonds. The summed E-state index contributed by atoms with van der Waals surface area (Å²) in [6.45, 7) is 6.18. The van der Waals surface area contributed by atoms with Gasteiger partial charge in [-0.25, -0.2) is 0 Å². The molecule has 1 saturated heterocycles. The van der Waals surface area contributed by atoms with Crippen LogP contribution in [0.1, 0.15) is 43.5 Å². The number of aryl methyl sites for hydroxylation is 1.